The Morgan fingerprint density at radius 1 is 0.950 bits per heavy atom. The van der Waals surface area contributed by atoms with Crippen LogP contribution in [0.1, 0.15) is 53.4 Å². The van der Waals surface area contributed by atoms with Gasteiger partial charge in [0.25, 0.3) is 0 Å². The van der Waals surface area contributed by atoms with E-state index in [9.17, 15) is 0 Å². The minimum absolute atomic E-state index is 0.848. The van der Waals surface area contributed by atoms with Crippen LogP contribution in [0.15, 0.2) is 0 Å². The first-order valence-electron chi connectivity index (χ1n) is 8.93. The van der Waals surface area contributed by atoms with Crippen molar-refractivity contribution in [3.8, 4) is 0 Å². The van der Waals surface area contributed by atoms with Gasteiger partial charge in [-0.2, -0.15) is 0 Å². The van der Waals surface area contributed by atoms with Crippen molar-refractivity contribution in [2.75, 3.05) is 45.8 Å². The Bertz CT molecular complexity index is 228. The van der Waals surface area contributed by atoms with Gasteiger partial charge in [-0.1, -0.05) is 27.7 Å². The van der Waals surface area contributed by atoms with Crippen molar-refractivity contribution in [2.45, 2.75) is 59.4 Å². The summed E-state index contributed by atoms with van der Waals surface area (Å²) in [5, 5.41) is 3.60. The molecule has 20 heavy (non-hydrogen) atoms. The predicted molar refractivity (Wildman–Crippen MR) is 89.3 cm³/mol. The van der Waals surface area contributed by atoms with E-state index in [-0.39, 0.29) is 0 Å². The molecule has 1 N–H and O–H groups in total. The van der Waals surface area contributed by atoms with Crippen molar-refractivity contribution in [1.29, 1.82) is 0 Å². The fourth-order valence-electron chi connectivity index (χ4n) is 3.33. The second-order valence-corrected chi connectivity index (χ2v) is 6.12. The van der Waals surface area contributed by atoms with E-state index in [4.69, 9.17) is 0 Å². The second-order valence-electron chi connectivity index (χ2n) is 6.12. The molecule has 0 bridgehead atoms. The van der Waals surface area contributed by atoms with Crippen LogP contribution in [0.4, 0.5) is 0 Å². The van der Waals surface area contributed by atoms with Gasteiger partial charge in [0.1, 0.15) is 0 Å². The number of rotatable bonds is 12. The summed E-state index contributed by atoms with van der Waals surface area (Å²) in [4.78, 5) is 5.26. The monoisotopic (exact) mass is 283 g/mol. The van der Waals surface area contributed by atoms with Gasteiger partial charge in [0, 0.05) is 6.04 Å². The average Bonchev–Trinajstić information content (AvgIpc) is 2.45. The topological polar surface area (TPSA) is 18.5 Å². The van der Waals surface area contributed by atoms with Crippen LogP contribution in [0.2, 0.25) is 0 Å². The van der Waals surface area contributed by atoms with Crippen LogP contribution in [-0.4, -0.2) is 61.7 Å². The van der Waals surface area contributed by atoms with Gasteiger partial charge in [0.05, 0.1) is 0 Å². The van der Waals surface area contributed by atoms with Crippen LogP contribution in [0, 0.1) is 5.92 Å². The maximum absolute atomic E-state index is 3.60. The molecule has 1 saturated carbocycles. The summed E-state index contributed by atoms with van der Waals surface area (Å²) in [6, 6.07) is 0.848. The van der Waals surface area contributed by atoms with E-state index in [0.29, 0.717) is 0 Å². The van der Waals surface area contributed by atoms with Crippen molar-refractivity contribution in [3.05, 3.63) is 0 Å². The van der Waals surface area contributed by atoms with Gasteiger partial charge in [-0.05, 0) is 77.4 Å². The summed E-state index contributed by atoms with van der Waals surface area (Å²) < 4.78 is 0. The molecular weight excluding hydrogens is 246 g/mol. The van der Waals surface area contributed by atoms with Gasteiger partial charge in [0.15, 0.2) is 0 Å². The van der Waals surface area contributed by atoms with E-state index in [0.717, 1.165) is 12.0 Å². The van der Waals surface area contributed by atoms with Gasteiger partial charge in [-0.25, -0.2) is 0 Å². The normalized spacial score (nSPS) is 22.5. The molecule has 1 rings (SSSR count). The van der Waals surface area contributed by atoms with E-state index in [1.54, 1.807) is 0 Å². The first-order chi connectivity index (χ1) is 9.76. The third-order valence-electron chi connectivity index (χ3n) is 4.90. The van der Waals surface area contributed by atoms with Gasteiger partial charge in [-0.3, -0.25) is 0 Å². The fraction of sp³-hybridized carbons (Fsp3) is 1.00. The van der Waals surface area contributed by atoms with Gasteiger partial charge >= 0.3 is 0 Å². The van der Waals surface area contributed by atoms with Crippen LogP contribution >= 0.6 is 0 Å². The Balaban J connectivity index is 2.24. The molecule has 0 aromatic rings. The quantitative estimate of drug-likeness (QED) is 0.556. The maximum Gasteiger partial charge on any atom is 0.0136 e. The Labute approximate surface area is 127 Å². The molecule has 0 aromatic heterocycles. The van der Waals surface area contributed by atoms with Gasteiger partial charge < -0.3 is 15.1 Å². The highest BCUT2D eigenvalue weighted by molar-refractivity contribution is 4.89. The Kier molecular flexibility index (Phi) is 9.49. The minimum Gasteiger partial charge on any atom is -0.316 e. The highest BCUT2D eigenvalue weighted by atomic mass is 15.2. The third kappa shape index (κ3) is 5.71. The van der Waals surface area contributed by atoms with Crippen LogP contribution in [0.5, 0.6) is 0 Å². The molecule has 0 heterocycles. The second kappa shape index (κ2) is 10.6. The Morgan fingerprint density at radius 3 is 2.20 bits per heavy atom. The van der Waals surface area contributed by atoms with Gasteiger partial charge in [-0.15, -0.1) is 0 Å². The Morgan fingerprint density at radius 2 is 1.70 bits per heavy atom. The number of hydrogen-bond acceptors (Lipinski definition) is 3. The SMILES string of the molecule is CCCNCC1CCC1N(CC)CCCN(CC)CC. The molecule has 3 heteroatoms. The summed E-state index contributed by atoms with van der Waals surface area (Å²) in [7, 11) is 0. The highest BCUT2D eigenvalue weighted by Gasteiger charge is 2.33. The molecule has 1 aliphatic rings. The van der Waals surface area contributed by atoms with Crippen LogP contribution < -0.4 is 5.32 Å². The molecule has 0 saturated heterocycles. The van der Waals surface area contributed by atoms with E-state index in [2.05, 4.69) is 42.8 Å². The zero-order valence-electron chi connectivity index (χ0n) is 14.3. The van der Waals surface area contributed by atoms with E-state index >= 15 is 0 Å². The summed E-state index contributed by atoms with van der Waals surface area (Å²) in [6.07, 6.45) is 5.41. The lowest BCUT2D eigenvalue weighted by molar-refractivity contribution is 0.0627. The maximum atomic E-state index is 3.60. The predicted octanol–water partition coefficient (Wildman–Crippen LogP) is 2.82. The summed E-state index contributed by atoms with van der Waals surface area (Å²) in [5.74, 6) is 0.898. The van der Waals surface area contributed by atoms with Crippen molar-refractivity contribution in [3.63, 3.8) is 0 Å². The lowest BCUT2D eigenvalue weighted by Crippen LogP contribution is -2.51. The summed E-state index contributed by atoms with van der Waals surface area (Å²) in [5.41, 5.74) is 0. The Hall–Kier alpha value is -0.120. The number of nitrogens with zero attached hydrogens (tertiary/aromatic N) is 2. The first-order valence-corrected chi connectivity index (χ1v) is 8.93. The van der Waals surface area contributed by atoms with Crippen LogP contribution in [0.3, 0.4) is 0 Å². The number of nitrogens with one attached hydrogen (secondary N) is 1. The molecule has 0 aromatic carbocycles. The molecule has 3 nitrogen and oxygen atoms in total. The first kappa shape index (κ1) is 17.9. The summed E-state index contributed by atoms with van der Waals surface area (Å²) in [6.45, 7) is 17.6. The molecule has 0 amide bonds. The average molecular weight is 284 g/mol. The molecule has 1 aliphatic carbocycles. The van der Waals surface area contributed by atoms with Crippen LogP contribution in [-0.2, 0) is 0 Å². The molecule has 0 radical (unpaired) electrons. The third-order valence-corrected chi connectivity index (χ3v) is 4.90. The molecule has 2 atom stereocenters. The van der Waals surface area contributed by atoms with Crippen LogP contribution in [0.25, 0.3) is 0 Å². The largest absolute Gasteiger partial charge is 0.316 e. The minimum atomic E-state index is 0.848. The van der Waals surface area contributed by atoms with Crippen molar-refractivity contribution in [2.24, 2.45) is 5.92 Å². The molecule has 0 aliphatic heterocycles. The molecule has 120 valence electrons. The smallest absolute Gasteiger partial charge is 0.0136 e. The standard InChI is InChI=1S/C17H37N3/c1-5-12-18-15-16-10-11-17(16)20(8-4)14-9-13-19(6-2)7-3/h16-18H,5-15H2,1-4H3. The fourth-order valence-corrected chi connectivity index (χ4v) is 3.33. The van der Waals surface area contributed by atoms with Gasteiger partial charge in [0.2, 0.25) is 0 Å². The number of hydrogen-bond donors (Lipinski definition) is 1. The van der Waals surface area contributed by atoms with E-state index in [1.807, 2.05) is 0 Å². The summed E-state index contributed by atoms with van der Waals surface area (Å²) >= 11 is 0. The zero-order chi connectivity index (χ0) is 14.8. The molecular formula is C17H37N3. The van der Waals surface area contributed by atoms with Crippen molar-refractivity contribution >= 4 is 0 Å². The molecule has 2 unspecified atom stereocenters. The van der Waals surface area contributed by atoms with Crippen molar-refractivity contribution in [1.82, 2.24) is 15.1 Å². The lowest BCUT2D eigenvalue weighted by atomic mass is 9.78. The zero-order valence-corrected chi connectivity index (χ0v) is 14.3. The van der Waals surface area contributed by atoms with E-state index < -0.39 is 0 Å². The molecule has 1 fully saturated rings. The lowest BCUT2D eigenvalue weighted by Gasteiger charge is -2.44. The van der Waals surface area contributed by atoms with Crippen molar-refractivity contribution < 1.29 is 0 Å². The van der Waals surface area contributed by atoms with E-state index in [1.165, 1.54) is 71.5 Å². The molecule has 0 spiro atoms. The highest BCUT2D eigenvalue weighted by Crippen LogP contribution is 2.31.